The van der Waals surface area contributed by atoms with E-state index < -0.39 is 11.5 Å². The number of allylic oxidation sites excluding steroid dienone is 2. The molecule has 6 nitrogen and oxygen atoms in total. The van der Waals surface area contributed by atoms with Gasteiger partial charge in [-0.05, 0) is 0 Å². The van der Waals surface area contributed by atoms with Crippen LogP contribution in [0.3, 0.4) is 0 Å². The van der Waals surface area contributed by atoms with Crippen molar-refractivity contribution in [3.8, 4) is 11.5 Å². The van der Waals surface area contributed by atoms with E-state index in [1.54, 1.807) is 0 Å². The summed E-state index contributed by atoms with van der Waals surface area (Å²) in [6, 6.07) is 1.07. The zero-order chi connectivity index (χ0) is 12.7. The molecule has 88 valence electrons. The molecule has 0 unspecified atom stereocenters. The lowest BCUT2D eigenvalue weighted by Crippen LogP contribution is -2.19. The number of carbonyl (C=O) groups is 1. The van der Waals surface area contributed by atoms with Crippen molar-refractivity contribution in [2.24, 2.45) is 0 Å². The van der Waals surface area contributed by atoms with Gasteiger partial charge in [0.2, 0.25) is 0 Å². The lowest BCUT2D eigenvalue weighted by atomic mass is 9.90. The maximum atomic E-state index is 11.7. The molecule has 0 saturated carbocycles. The summed E-state index contributed by atoms with van der Waals surface area (Å²) in [6.07, 6.45) is 1.08. The Kier molecular flexibility index (Phi) is 2.27. The topological polar surface area (TPSA) is 117 Å². The number of hydrogen-bond donors (Lipinski definition) is 4. The third-order valence-electron chi connectivity index (χ3n) is 2.53. The number of ether oxygens (including phenoxy) is 1. The number of methoxy groups -OCH3 is 1. The van der Waals surface area contributed by atoms with Gasteiger partial charge < -0.3 is 20.7 Å². The van der Waals surface area contributed by atoms with Gasteiger partial charge >= 0.3 is 0 Å². The van der Waals surface area contributed by atoms with Crippen LogP contribution in [0.1, 0.15) is 15.9 Å². The van der Waals surface area contributed by atoms with Gasteiger partial charge in [-0.2, -0.15) is 0 Å². The lowest BCUT2D eigenvalue weighted by molar-refractivity contribution is 0.103. The fraction of sp³-hybridized carbons (Fsp3) is 0.0909. The van der Waals surface area contributed by atoms with Gasteiger partial charge in [-0.15, -0.1) is 0 Å². The van der Waals surface area contributed by atoms with E-state index in [-0.39, 0.29) is 34.0 Å². The minimum absolute atomic E-state index is 0.0165. The van der Waals surface area contributed by atoms with Gasteiger partial charge in [-0.3, -0.25) is 10.2 Å². The number of benzene rings is 1. The third-order valence-corrected chi connectivity index (χ3v) is 2.53. The number of fused-ring (bicyclic) bond motifs is 1. The summed E-state index contributed by atoms with van der Waals surface area (Å²) in [5, 5.41) is 27.2. The Labute approximate surface area is 96.4 Å². The molecule has 0 saturated heterocycles. The molecule has 17 heavy (non-hydrogen) atoms. The number of nitrogens with two attached hydrogens (primary N) is 1. The van der Waals surface area contributed by atoms with Crippen molar-refractivity contribution in [1.29, 1.82) is 5.41 Å². The average molecular weight is 234 g/mol. The lowest BCUT2D eigenvalue weighted by Gasteiger charge is -2.19. The first-order valence-corrected chi connectivity index (χ1v) is 4.71. The van der Waals surface area contributed by atoms with Crippen LogP contribution in [0, 0.1) is 5.41 Å². The highest BCUT2D eigenvalue weighted by molar-refractivity contribution is 6.27. The Morgan fingerprint density at radius 1 is 1.35 bits per heavy atom. The van der Waals surface area contributed by atoms with E-state index in [9.17, 15) is 15.0 Å². The van der Waals surface area contributed by atoms with Crippen molar-refractivity contribution in [1.82, 2.24) is 0 Å². The number of aromatic hydroxyl groups is 2. The molecule has 0 aromatic heterocycles. The Hall–Kier alpha value is -2.50. The van der Waals surface area contributed by atoms with Crippen molar-refractivity contribution < 1.29 is 19.7 Å². The number of hydrogen-bond acceptors (Lipinski definition) is 6. The quantitative estimate of drug-likeness (QED) is 0.325. The van der Waals surface area contributed by atoms with E-state index in [0.717, 1.165) is 12.1 Å². The van der Waals surface area contributed by atoms with Gasteiger partial charge in [0.25, 0.3) is 0 Å². The van der Waals surface area contributed by atoms with Gasteiger partial charge in [0, 0.05) is 12.1 Å². The fourth-order valence-electron chi connectivity index (χ4n) is 1.72. The van der Waals surface area contributed by atoms with Crippen LogP contribution in [0.15, 0.2) is 17.9 Å². The van der Waals surface area contributed by atoms with Crippen LogP contribution in [0.4, 0.5) is 5.69 Å². The van der Waals surface area contributed by atoms with E-state index in [2.05, 4.69) is 0 Å². The van der Waals surface area contributed by atoms with Crippen LogP contribution >= 0.6 is 0 Å². The molecule has 1 aliphatic carbocycles. The first-order valence-electron chi connectivity index (χ1n) is 4.71. The Morgan fingerprint density at radius 3 is 2.59 bits per heavy atom. The Morgan fingerprint density at radius 2 is 2.00 bits per heavy atom. The number of rotatable bonds is 1. The summed E-state index contributed by atoms with van der Waals surface area (Å²) in [7, 11) is 1.31. The summed E-state index contributed by atoms with van der Waals surface area (Å²) in [4.78, 5) is 11.7. The number of carbonyl (C=O) groups excluding carboxylic acids is 1. The van der Waals surface area contributed by atoms with Gasteiger partial charge in [0.15, 0.2) is 5.78 Å². The number of nitrogen functional groups attached to an aromatic ring is 1. The van der Waals surface area contributed by atoms with Crippen LogP contribution in [0.25, 0.3) is 0 Å². The second-order valence-electron chi connectivity index (χ2n) is 3.54. The summed E-state index contributed by atoms with van der Waals surface area (Å²) in [5.74, 6) is -1.29. The van der Waals surface area contributed by atoms with E-state index in [1.165, 1.54) is 7.11 Å². The average Bonchev–Trinajstić information content (AvgIpc) is 2.28. The van der Waals surface area contributed by atoms with Crippen LogP contribution in [0.2, 0.25) is 0 Å². The molecular weight excluding hydrogens is 224 g/mol. The molecule has 2 rings (SSSR count). The first-order chi connectivity index (χ1) is 7.97. The summed E-state index contributed by atoms with van der Waals surface area (Å²) < 4.78 is 4.85. The summed E-state index contributed by atoms with van der Waals surface area (Å²) in [6.45, 7) is 0. The van der Waals surface area contributed by atoms with Crippen LogP contribution in [-0.4, -0.2) is 28.8 Å². The summed E-state index contributed by atoms with van der Waals surface area (Å²) >= 11 is 0. The number of nitrogens with one attached hydrogen (secondary N) is 1. The summed E-state index contributed by atoms with van der Waals surface area (Å²) in [5.41, 5.74) is 4.93. The Balaban J connectivity index is 2.80. The molecule has 6 heteroatoms. The highest BCUT2D eigenvalue weighted by Crippen LogP contribution is 2.38. The zero-order valence-corrected chi connectivity index (χ0v) is 8.94. The molecule has 0 radical (unpaired) electrons. The molecule has 1 aliphatic rings. The number of phenols is 2. The first kappa shape index (κ1) is 11.0. The molecular formula is C11H10N2O4. The molecule has 0 heterocycles. The van der Waals surface area contributed by atoms with Crippen molar-refractivity contribution in [2.75, 3.05) is 12.8 Å². The van der Waals surface area contributed by atoms with E-state index >= 15 is 0 Å². The highest BCUT2D eigenvalue weighted by Gasteiger charge is 2.30. The van der Waals surface area contributed by atoms with E-state index in [4.69, 9.17) is 15.9 Å². The molecule has 0 spiro atoms. The molecule has 1 aromatic rings. The minimum Gasteiger partial charge on any atom is -0.507 e. The van der Waals surface area contributed by atoms with Gasteiger partial charge in [-0.25, -0.2) is 0 Å². The predicted octanol–water partition coefficient (Wildman–Crippen LogP) is 0.774. The normalized spacial score (nSPS) is 14.3. The molecule has 0 aliphatic heterocycles. The second kappa shape index (κ2) is 3.51. The Bertz CT molecular complexity index is 575. The van der Waals surface area contributed by atoms with E-state index in [0.29, 0.717) is 0 Å². The van der Waals surface area contributed by atoms with Crippen molar-refractivity contribution in [2.45, 2.75) is 0 Å². The predicted molar refractivity (Wildman–Crippen MR) is 60.4 cm³/mol. The van der Waals surface area contributed by atoms with Crippen molar-refractivity contribution in [3.05, 3.63) is 29.0 Å². The largest absolute Gasteiger partial charge is 0.507 e. The maximum Gasteiger partial charge on any atom is 0.194 e. The molecule has 0 bridgehead atoms. The number of ketones is 1. The number of anilines is 1. The van der Waals surface area contributed by atoms with Crippen LogP contribution in [-0.2, 0) is 4.74 Å². The zero-order valence-electron chi connectivity index (χ0n) is 8.94. The molecule has 0 atom stereocenters. The van der Waals surface area contributed by atoms with Crippen LogP contribution < -0.4 is 5.73 Å². The maximum absolute atomic E-state index is 11.7. The second-order valence-corrected chi connectivity index (χ2v) is 3.54. The SMILES string of the molecule is COC1=CC(=O)c2c(O)cc(N)c(O)c2C1=N. The van der Waals surface area contributed by atoms with E-state index in [1.807, 2.05) is 0 Å². The van der Waals surface area contributed by atoms with Gasteiger partial charge in [0.05, 0.1) is 23.9 Å². The fourth-order valence-corrected chi connectivity index (χ4v) is 1.72. The highest BCUT2D eigenvalue weighted by atomic mass is 16.5. The van der Waals surface area contributed by atoms with Gasteiger partial charge in [-0.1, -0.05) is 0 Å². The standard InChI is InChI=1S/C11H10N2O4/c1-17-7-3-6(15)8-5(14)2-4(12)11(16)9(8)10(7)13/h2-3,13-14,16H,12H2,1H3. The molecule has 0 amide bonds. The third kappa shape index (κ3) is 1.42. The minimum atomic E-state index is -0.541. The molecule has 5 N–H and O–H groups in total. The van der Waals surface area contributed by atoms with Crippen LogP contribution in [0.5, 0.6) is 11.5 Å². The number of phenolic OH excluding ortho intramolecular Hbond substituents is 2. The smallest absolute Gasteiger partial charge is 0.194 e. The van der Waals surface area contributed by atoms with Crippen molar-refractivity contribution >= 4 is 17.2 Å². The molecule has 0 fully saturated rings. The van der Waals surface area contributed by atoms with Gasteiger partial charge in [0.1, 0.15) is 23.0 Å². The monoisotopic (exact) mass is 234 g/mol. The molecule has 1 aromatic carbocycles. The van der Waals surface area contributed by atoms with Crippen molar-refractivity contribution in [3.63, 3.8) is 0 Å².